The number of fused-ring (bicyclic) bond motifs is 1. The number of amides is 1. The number of hydrogen-bond donors (Lipinski definition) is 1. The second-order valence-corrected chi connectivity index (χ2v) is 11.2. The summed E-state index contributed by atoms with van der Waals surface area (Å²) in [7, 11) is -2.97. The third-order valence-electron chi connectivity index (χ3n) is 6.76. The summed E-state index contributed by atoms with van der Waals surface area (Å²) in [5, 5.41) is 10.6. The van der Waals surface area contributed by atoms with Crippen molar-refractivity contribution in [2.45, 2.75) is 51.7 Å². The summed E-state index contributed by atoms with van der Waals surface area (Å²) in [6, 6.07) is 3.80. The summed E-state index contributed by atoms with van der Waals surface area (Å²) in [6.45, 7) is 5.16. The number of carbonyl (C=O) groups excluding carboxylic acids is 1. The van der Waals surface area contributed by atoms with Gasteiger partial charge < -0.3 is 14.7 Å². The molecule has 1 saturated carbocycles. The van der Waals surface area contributed by atoms with E-state index in [9.17, 15) is 18.3 Å². The predicted octanol–water partition coefficient (Wildman–Crippen LogP) is 1.50. The number of aliphatic hydroxyl groups excluding tert-OH is 1. The van der Waals surface area contributed by atoms with E-state index in [1.165, 1.54) is 0 Å². The number of likely N-dealkylation sites (tertiary alicyclic amines) is 1. The van der Waals surface area contributed by atoms with Gasteiger partial charge in [-0.25, -0.2) is 8.42 Å². The summed E-state index contributed by atoms with van der Waals surface area (Å²) in [5.74, 6) is 1.41. The summed E-state index contributed by atoms with van der Waals surface area (Å²) in [5.41, 5.74) is 1.74. The van der Waals surface area contributed by atoms with Crippen LogP contribution in [0.2, 0.25) is 0 Å². The van der Waals surface area contributed by atoms with E-state index < -0.39 is 15.9 Å². The predicted molar refractivity (Wildman–Crippen MR) is 108 cm³/mol. The number of sulfone groups is 1. The first kappa shape index (κ1) is 20.6. The number of nitrogens with zero attached hydrogens (tertiary/aromatic N) is 2. The first-order valence-electron chi connectivity index (χ1n) is 10.5. The van der Waals surface area contributed by atoms with Crippen LogP contribution in [0.25, 0.3) is 0 Å². The number of ether oxygens (including phenoxy) is 1. The molecule has 0 bridgehead atoms. The van der Waals surface area contributed by atoms with Gasteiger partial charge in [0, 0.05) is 24.7 Å². The number of carbonyl (C=O) groups is 1. The van der Waals surface area contributed by atoms with E-state index in [1.807, 2.05) is 30.9 Å². The van der Waals surface area contributed by atoms with Gasteiger partial charge in [0.1, 0.15) is 21.7 Å². The van der Waals surface area contributed by atoms with Crippen molar-refractivity contribution >= 4 is 15.7 Å². The van der Waals surface area contributed by atoms with E-state index in [-0.39, 0.29) is 35.4 Å². The Hall–Kier alpha value is -1.67. The van der Waals surface area contributed by atoms with Gasteiger partial charge in [0.25, 0.3) is 0 Å². The van der Waals surface area contributed by atoms with Crippen LogP contribution in [0.5, 0.6) is 5.75 Å². The lowest BCUT2D eigenvalue weighted by atomic mass is 9.78. The van der Waals surface area contributed by atoms with Crippen LogP contribution >= 0.6 is 0 Å². The van der Waals surface area contributed by atoms with E-state index in [2.05, 4.69) is 4.98 Å². The van der Waals surface area contributed by atoms with E-state index >= 15 is 0 Å². The van der Waals surface area contributed by atoms with Crippen molar-refractivity contribution < 1.29 is 23.1 Å². The molecule has 3 heterocycles. The Morgan fingerprint density at radius 2 is 1.79 bits per heavy atom. The Kier molecular flexibility index (Phi) is 5.59. The minimum atomic E-state index is -2.97. The second-order valence-electron chi connectivity index (χ2n) is 8.92. The highest BCUT2D eigenvalue weighted by Crippen LogP contribution is 2.39. The van der Waals surface area contributed by atoms with Crippen molar-refractivity contribution in [2.75, 3.05) is 24.6 Å². The Morgan fingerprint density at radius 1 is 1.14 bits per heavy atom. The van der Waals surface area contributed by atoms with Gasteiger partial charge in [0.2, 0.25) is 5.91 Å². The molecule has 4 rings (SSSR count). The van der Waals surface area contributed by atoms with E-state index in [1.54, 1.807) is 0 Å². The number of aliphatic hydroxyl groups is 1. The molecule has 4 atom stereocenters. The molecule has 0 spiro atoms. The molecule has 3 fully saturated rings. The maximum absolute atomic E-state index is 12.9. The summed E-state index contributed by atoms with van der Waals surface area (Å²) in [6.07, 6.45) is 1.33. The number of hydrogen-bond acceptors (Lipinski definition) is 6. The molecule has 3 aliphatic rings. The van der Waals surface area contributed by atoms with Crippen molar-refractivity contribution in [3.63, 3.8) is 0 Å². The van der Waals surface area contributed by atoms with Crippen LogP contribution in [-0.2, 0) is 14.6 Å². The zero-order valence-electron chi connectivity index (χ0n) is 17.1. The Labute approximate surface area is 172 Å². The van der Waals surface area contributed by atoms with Gasteiger partial charge in [-0.05, 0) is 63.5 Å². The average Bonchev–Trinajstić information content (AvgIpc) is 3.06. The molecule has 0 radical (unpaired) electrons. The number of pyridine rings is 1. The van der Waals surface area contributed by atoms with Gasteiger partial charge in [-0.1, -0.05) is 0 Å². The molecule has 0 aromatic carbocycles. The van der Waals surface area contributed by atoms with Gasteiger partial charge in [0.05, 0.1) is 23.3 Å². The van der Waals surface area contributed by atoms with Crippen molar-refractivity contribution in [1.82, 2.24) is 9.88 Å². The Bertz CT molecular complexity index is 873. The lowest BCUT2D eigenvalue weighted by molar-refractivity contribution is -0.135. The van der Waals surface area contributed by atoms with E-state index in [0.717, 1.165) is 11.4 Å². The largest absolute Gasteiger partial charge is 0.486 e. The topological polar surface area (TPSA) is 96.8 Å². The van der Waals surface area contributed by atoms with Gasteiger partial charge >= 0.3 is 0 Å². The highest BCUT2D eigenvalue weighted by atomic mass is 32.2. The number of aromatic nitrogens is 1. The quantitative estimate of drug-likeness (QED) is 0.793. The summed E-state index contributed by atoms with van der Waals surface area (Å²) < 4.78 is 29.4. The molecule has 1 aliphatic carbocycles. The maximum atomic E-state index is 12.9. The SMILES string of the molecule is Cc1ccc(O[C@@H]2C[C@@H]3CN(C(=O)C4CCS(=O)(=O)CC4)C[C@@H]3C[C@H]2O)c(C)n1. The minimum absolute atomic E-state index is 0.0832. The van der Waals surface area contributed by atoms with Crippen LogP contribution in [0.3, 0.4) is 0 Å². The zero-order chi connectivity index (χ0) is 20.8. The lowest BCUT2D eigenvalue weighted by Crippen LogP contribution is -2.42. The maximum Gasteiger partial charge on any atom is 0.225 e. The Balaban J connectivity index is 1.38. The van der Waals surface area contributed by atoms with Crippen molar-refractivity contribution in [2.24, 2.45) is 17.8 Å². The van der Waals surface area contributed by atoms with Crippen LogP contribution in [0.1, 0.15) is 37.1 Å². The average molecular weight is 423 g/mol. The van der Waals surface area contributed by atoms with Crippen LogP contribution < -0.4 is 4.74 Å². The van der Waals surface area contributed by atoms with Gasteiger partial charge in [0.15, 0.2) is 0 Å². The first-order chi connectivity index (χ1) is 13.7. The molecule has 2 saturated heterocycles. The van der Waals surface area contributed by atoms with Gasteiger partial charge in [-0.2, -0.15) is 0 Å². The fraction of sp³-hybridized carbons (Fsp3) is 0.714. The second kappa shape index (κ2) is 7.87. The lowest BCUT2D eigenvalue weighted by Gasteiger charge is -2.35. The highest BCUT2D eigenvalue weighted by Gasteiger charge is 2.45. The molecule has 0 unspecified atom stereocenters. The molecule has 1 N–H and O–H groups in total. The van der Waals surface area contributed by atoms with E-state index in [0.29, 0.717) is 50.4 Å². The molecule has 7 nitrogen and oxygen atoms in total. The molecule has 8 heteroatoms. The molecule has 1 aromatic heterocycles. The molecule has 1 aromatic rings. The molecule has 160 valence electrons. The minimum Gasteiger partial charge on any atom is -0.486 e. The zero-order valence-corrected chi connectivity index (χ0v) is 17.9. The number of aryl methyl sites for hydroxylation is 2. The third kappa shape index (κ3) is 4.43. The normalized spacial score (nSPS) is 32.0. The Morgan fingerprint density at radius 3 is 2.45 bits per heavy atom. The monoisotopic (exact) mass is 422 g/mol. The molecule has 29 heavy (non-hydrogen) atoms. The van der Waals surface area contributed by atoms with Gasteiger partial charge in [-0.15, -0.1) is 0 Å². The standard InChI is InChI=1S/C21H30N2O5S/c1-13-3-4-19(14(2)22-13)28-20-10-17-12-23(11-16(17)9-18(20)24)21(25)15-5-7-29(26,27)8-6-15/h3-4,15-18,20,24H,5-12H2,1-2H3/t16-,17+,18+,20+/m0/s1. The van der Waals surface area contributed by atoms with Crippen molar-refractivity contribution in [1.29, 1.82) is 0 Å². The molecular formula is C21H30N2O5S. The number of rotatable bonds is 3. The van der Waals surface area contributed by atoms with Crippen LogP contribution in [-0.4, -0.2) is 66.1 Å². The first-order valence-corrected chi connectivity index (χ1v) is 12.3. The van der Waals surface area contributed by atoms with Crippen LogP contribution in [0, 0.1) is 31.6 Å². The molecular weight excluding hydrogens is 392 g/mol. The highest BCUT2D eigenvalue weighted by molar-refractivity contribution is 7.91. The molecule has 2 aliphatic heterocycles. The molecule has 1 amide bonds. The third-order valence-corrected chi connectivity index (χ3v) is 8.47. The fourth-order valence-electron chi connectivity index (χ4n) is 5.05. The fourth-order valence-corrected chi connectivity index (χ4v) is 6.54. The van der Waals surface area contributed by atoms with Gasteiger partial charge in [-0.3, -0.25) is 9.78 Å². The van der Waals surface area contributed by atoms with Crippen LogP contribution in [0.4, 0.5) is 0 Å². The van der Waals surface area contributed by atoms with E-state index in [4.69, 9.17) is 4.74 Å². The van der Waals surface area contributed by atoms with Crippen molar-refractivity contribution in [3.8, 4) is 5.75 Å². The summed E-state index contributed by atoms with van der Waals surface area (Å²) in [4.78, 5) is 19.2. The van der Waals surface area contributed by atoms with Crippen molar-refractivity contribution in [3.05, 3.63) is 23.5 Å². The summed E-state index contributed by atoms with van der Waals surface area (Å²) >= 11 is 0. The van der Waals surface area contributed by atoms with Crippen LogP contribution in [0.15, 0.2) is 12.1 Å². The smallest absolute Gasteiger partial charge is 0.225 e.